The number of ketones is 2. The number of carbonyl (C=O) groups is 4. The van der Waals surface area contributed by atoms with E-state index in [9.17, 15) is 19.2 Å². The minimum Gasteiger partial charge on any atom is -0.366 e. The molecule has 0 aliphatic heterocycles. The van der Waals surface area contributed by atoms with Gasteiger partial charge in [-0.05, 0) is 49.9 Å². The maximum absolute atomic E-state index is 13.1. The van der Waals surface area contributed by atoms with Crippen molar-refractivity contribution in [3.05, 3.63) is 59.2 Å². The highest BCUT2D eigenvalue weighted by Gasteiger charge is 2.27. The van der Waals surface area contributed by atoms with Crippen molar-refractivity contribution < 1.29 is 19.2 Å². The molecule has 0 fully saturated rings. The topological polar surface area (TPSA) is 170 Å². The summed E-state index contributed by atoms with van der Waals surface area (Å²) in [5, 5.41) is 6.77. The van der Waals surface area contributed by atoms with Crippen molar-refractivity contribution in [2.24, 2.45) is 23.3 Å². The Morgan fingerprint density at radius 2 is 0.867 bits per heavy atom. The van der Waals surface area contributed by atoms with Crippen molar-refractivity contribution in [1.82, 2.24) is 20.6 Å². The van der Waals surface area contributed by atoms with Gasteiger partial charge in [0.05, 0.1) is 34.3 Å². The zero-order valence-electron chi connectivity index (χ0n) is 27.6. The van der Waals surface area contributed by atoms with Gasteiger partial charge in [-0.1, -0.05) is 85.5 Å². The summed E-state index contributed by atoms with van der Waals surface area (Å²) in [7, 11) is 0. The number of pyridine rings is 2. The molecule has 0 aliphatic rings. The van der Waals surface area contributed by atoms with Gasteiger partial charge in [-0.2, -0.15) is 0 Å². The second-order valence-electron chi connectivity index (χ2n) is 12.5. The van der Waals surface area contributed by atoms with Gasteiger partial charge >= 0.3 is 0 Å². The summed E-state index contributed by atoms with van der Waals surface area (Å²) in [6.45, 7) is 9.47. The van der Waals surface area contributed by atoms with Gasteiger partial charge in [0, 0.05) is 24.8 Å². The van der Waals surface area contributed by atoms with Crippen molar-refractivity contribution in [3.8, 4) is 0 Å². The van der Waals surface area contributed by atoms with Crippen LogP contribution in [0.25, 0.3) is 0 Å². The molecule has 6 N–H and O–H groups in total. The number of hydrogen-bond acceptors (Lipinski definition) is 8. The average molecular weight is 623 g/mol. The summed E-state index contributed by atoms with van der Waals surface area (Å²) in [5.74, 6) is -1.37. The third-order valence-electron chi connectivity index (χ3n) is 8.18. The molecule has 2 amide bonds. The minimum absolute atomic E-state index is 0.0753. The summed E-state index contributed by atoms with van der Waals surface area (Å²) in [4.78, 5) is 57.7. The number of unbranched alkanes of at least 4 members (excludes halogenated alkanes) is 10. The van der Waals surface area contributed by atoms with Crippen molar-refractivity contribution in [2.75, 3.05) is 13.1 Å². The van der Waals surface area contributed by atoms with Crippen LogP contribution in [0.4, 0.5) is 0 Å². The van der Waals surface area contributed by atoms with Crippen molar-refractivity contribution in [3.63, 3.8) is 0 Å². The van der Waals surface area contributed by atoms with Crippen LogP contribution in [-0.2, 0) is 0 Å². The third kappa shape index (κ3) is 12.8. The van der Waals surface area contributed by atoms with Gasteiger partial charge in [-0.3, -0.25) is 29.1 Å². The molecule has 0 spiro atoms. The molecule has 0 aliphatic carbocycles. The van der Waals surface area contributed by atoms with Crippen molar-refractivity contribution in [2.45, 2.75) is 110 Å². The van der Waals surface area contributed by atoms with Gasteiger partial charge in [0.15, 0.2) is 11.6 Å². The molecule has 0 bridgehead atoms. The molecule has 2 rings (SSSR count). The maximum Gasteiger partial charge on any atom is 0.249 e. The van der Waals surface area contributed by atoms with Crippen LogP contribution in [0, 0.1) is 11.8 Å². The highest BCUT2D eigenvalue weighted by atomic mass is 16.2. The number of Topliss-reactive ketones (excluding diaryl/α,β-unsaturated/α-hetero) is 2. The molecular formula is C35H54N6O4. The highest BCUT2D eigenvalue weighted by molar-refractivity contribution is 6.10. The van der Waals surface area contributed by atoms with E-state index >= 15 is 0 Å². The van der Waals surface area contributed by atoms with Crippen LogP contribution in [0.5, 0.6) is 0 Å². The normalized spacial score (nSPS) is 12.8. The van der Waals surface area contributed by atoms with Crippen LogP contribution in [0.2, 0.25) is 0 Å². The Balaban J connectivity index is 1.53. The number of hydrogen-bond donors (Lipinski definition) is 4. The Morgan fingerprint density at radius 1 is 0.556 bits per heavy atom. The molecule has 0 saturated heterocycles. The van der Waals surface area contributed by atoms with E-state index in [2.05, 4.69) is 20.6 Å². The first-order valence-corrected chi connectivity index (χ1v) is 16.6. The van der Waals surface area contributed by atoms with Crippen LogP contribution < -0.4 is 22.1 Å². The molecule has 0 aromatic carbocycles. The first-order valence-electron chi connectivity index (χ1n) is 16.6. The quantitative estimate of drug-likeness (QED) is 0.0907. The SMILES string of the molecule is CC(C)C(NCCCCCCCCCCCCCNC(C(=O)c1cnccc1C(N)=O)C(C)C)C(=O)c1cnccc1C(N)=O. The van der Waals surface area contributed by atoms with Gasteiger partial charge < -0.3 is 22.1 Å². The highest BCUT2D eigenvalue weighted by Crippen LogP contribution is 2.17. The minimum atomic E-state index is -0.620. The van der Waals surface area contributed by atoms with Gasteiger partial charge in [0.1, 0.15) is 0 Å². The van der Waals surface area contributed by atoms with Crippen LogP contribution >= 0.6 is 0 Å². The Morgan fingerprint density at radius 3 is 1.16 bits per heavy atom. The molecule has 10 nitrogen and oxygen atoms in total. The fraction of sp³-hybridized carbons (Fsp3) is 0.600. The second-order valence-corrected chi connectivity index (χ2v) is 12.5. The lowest BCUT2D eigenvalue weighted by Gasteiger charge is -2.22. The molecule has 0 saturated carbocycles. The predicted molar refractivity (Wildman–Crippen MR) is 178 cm³/mol. The Hall–Kier alpha value is -3.50. The summed E-state index contributed by atoms with van der Waals surface area (Å²) >= 11 is 0. The molecule has 2 atom stereocenters. The number of nitrogens with zero attached hydrogens (tertiary/aromatic N) is 2. The summed E-state index contributed by atoms with van der Waals surface area (Å²) in [6.07, 6.45) is 18.5. The van der Waals surface area contributed by atoms with E-state index in [0.717, 1.165) is 38.8 Å². The zero-order chi connectivity index (χ0) is 33.2. The molecule has 248 valence electrons. The summed E-state index contributed by atoms with van der Waals surface area (Å²) < 4.78 is 0. The van der Waals surface area contributed by atoms with Crippen molar-refractivity contribution in [1.29, 1.82) is 0 Å². The summed E-state index contributed by atoms with van der Waals surface area (Å²) in [6, 6.07) is 2.22. The Bertz CT molecular complexity index is 1140. The van der Waals surface area contributed by atoms with Gasteiger partial charge in [-0.15, -0.1) is 0 Å². The molecule has 2 unspecified atom stereocenters. The first kappa shape index (κ1) is 37.7. The van der Waals surface area contributed by atoms with E-state index in [4.69, 9.17) is 11.5 Å². The van der Waals surface area contributed by atoms with Crippen LogP contribution in [-0.4, -0.2) is 58.5 Å². The number of nitrogens with two attached hydrogens (primary N) is 2. The van der Waals surface area contributed by atoms with Gasteiger partial charge in [0.2, 0.25) is 11.8 Å². The average Bonchev–Trinajstić information content (AvgIpc) is 3.01. The number of carbonyl (C=O) groups excluding carboxylic acids is 4. The van der Waals surface area contributed by atoms with E-state index in [1.165, 1.54) is 81.9 Å². The Labute approximate surface area is 268 Å². The van der Waals surface area contributed by atoms with E-state index in [0.29, 0.717) is 0 Å². The third-order valence-corrected chi connectivity index (χ3v) is 8.18. The monoisotopic (exact) mass is 622 g/mol. The van der Waals surface area contributed by atoms with Crippen molar-refractivity contribution >= 4 is 23.4 Å². The molecule has 2 heterocycles. The molecular weight excluding hydrogens is 568 g/mol. The smallest absolute Gasteiger partial charge is 0.249 e. The second kappa shape index (κ2) is 20.5. The largest absolute Gasteiger partial charge is 0.366 e. The fourth-order valence-corrected chi connectivity index (χ4v) is 5.56. The van der Waals surface area contributed by atoms with Crippen LogP contribution in [0.3, 0.4) is 0 Å². The predicted octanol–water partition coefficient (Wildman–Crippen LogP) is 5.26. The lowest BCUT2D eigenvalue weighted by Crippen LogP contribution is -2.42. The molecule has 0 radical (unpaired) electrons. The molecule has 45 heavy (non-hydrogen) atoms. The number of primary amides is 2. The van der Waals surface area contributed by atoms with E-state index in [1.54, 1.807) is 0 Å². The number of rotatable bonds is 24. The van der Waals surface area contributed by atoms with Crippen LogP contribution in [0.1, 0.15) is 140 Å². The Kier molecular flexibility index (Phi) is 17.2. The molecule has 10 heteroatoms. The lowest BCUT2D eigenvalue weighted by atomic mass is 9.93. The number of aromatic nitrogens is 2. The standard InChI is InChI=1S/C35H54N6O4/c1-24(2)30(32(42)28-22-38-20-16-26(28)34(36)44)40-18-14-12-10-8-6-5-7-9-11-13-15-19-41-31(25(3)4)33(43)29-23-39-21-17-27(29)35(37)45/h16-17,20-25,30-31,40-41H,5-15,18-19H2,1-4H3,(H2,36,44)(H2,37,45). The number of nitrogens with one attached hydrogen (secondary N) is 2. The molecule has 2 aromatic rings. The van der Waals surface area contributed by atoms with Gasteiger partial charge in [-0.25, -0.2) is 0 Å². The van der Waals surface area contributed by atoms with Gasteiger partial charge in [0.25, 0.3) is 0 Å². The summed E-state index contributed by atoms with van der Waals surface area (Å²) in [5.41, 5.74) is 11.9. The maximum atomic E-state index is 13.1. The van der Waals surface area contributed by atoms with Crippen LogP contribution in [0.15, 0.2) is 36.9 Å². The lowest BCUT2D eigenvalue weighted by molar-refractivity contribution is 0.0901. The van der Waals surface area contributed by atoms with E-state index < -0.39 is 11.8 Å². The number of amides is 2. The van der Waals surface area contributed by atoms with E-state index in [1.807, 2.05) is 27.7 Å². The fourth-order valence-electron chi connectivity index (χ4n) is 5.56. The first-order chi connectivity index (χ1) is 21.6. The zero-order valence-corrected chi connectivity index (χ0v) is 27.6. The molecule has 2 aromatic heterocycles. The van der Waals surface area contributed by atoms with E-state index in [-0.39, 0.29) is 57.7 Å².